The van der Waals surface area contributed by atoms with Crippen molar-refractivity contribution in [3.63, 3.8) is 0 Å². The van der Waals surface area contributed by atoms with Gasteiger partial charge in [-0.25, -0.2) is 0 Å². The van der Waals surface area contributed by atoms with Gasteiger partial charge in [0.05, 0.1) is 19.1 Å². The summed E-state index contributed by atoms with van der Waals surface area (Å²) in [4.78, 5) is 22.2. The molecule has 6 nitrogen and oxygen atoms in total. The summed E-state index contributed by atoms with van der Waals surface area (Å²) in [6.07, 6.45) is -2.92. The summed E-state index contributed by atoms with van der Waals surface area (Å²) in [5.74, 6) is -1.23. The Morgan fingerprint density at radius 1 is 1.37 bits per heavy atom. The lowest BCUT2D eigenvalue weighted by atomic mass is 10.00. The summed E-state index contributed by atoms with van der Waals surface area (Å²) in [5, 5.41) is 19.6. The molecule has 0 aliphatic heterocycles. The van der Waals surface area contributed by atoms with Gasteiger partial charge in [-0.1, -0.05) is 12.1 Å². The number of carbonyl (C=O) groups is 2. The van der Waals surface area contributed by atoms with Crippen molar-refractivity contribution in [3.8, 4) is 0 Å². The van der Waals surface area contributed by atoms with E-state index in [0.717, 1.165) is 0 Å². The highest BCUT2D eigenvalue weighted by Gasteiger charge is 2.22. The first kappa shape index (κ1) is 15.1. The first-order chi connectivity index (χ1) is 8.95. The molecule has 1 amide bonds. The van der Waals surface area contributed by atoms with E-state index in [1.807, 2.05) is 0 Å². The van der Waals surface area contributed by atoms with Crippen LogP contribution in [0.1, 0.15) is 35.4 Å². The smallest absolute Gasteiger partial charge is 0.308 e. The Hall–Kier alpha value is -1.92. The predicted octanol–water partition coefficient (Wildman–Crippen LogP) is 0.133. The van der Waals surface area contributed by atoms with Gasteiger partial charge in [-0.3, -0.25) is 9.59 Å². The number of aliphatic hydroxyl groups is 2. The van der Waals surface area contributed by atoms with Crippen molar-refractivity contribution >= 4 is 11.9 Å². The van der Waals surface area contributed by atoms with E-state index in [0.29, 0.717) is 5.56 Å². The van der Waals surface area contributed by atoms with Crippen molar-refractivity contribution < 1.29 is 24.5 Å². The van der Waals surface area contributed by atoms with Crippen LogP contribution in [0, 0.1) is 0 Å². The average Bonchev–Trinajstić information content (AvgIpc) is 2.38. The van der Waals surface area contributed by atoms with Crippen LogP contribution in [0.3, 0.4) is 0 Å². The molecule has 1 rings (SSSR count). The van der Waals surface area contributed by atoms with Gasteiger partial charge in [-0.15, -0.1) is 0 Å². The normalized spacial score (nSPS) is 13.6. The van der Waals surface area contributed by atoms with E-state index in [9.17, 15) is 19.8 Å². The molecule has 6 heteroatoms. The van der Waals surface area contributed by atoms with Crippen LogP contribution in [-0.4, -0.2) is 34.8 Å². The number of benzene rings is 1. The second-order valence-electron chi connectivity index (χ2n) is 4.01. The zero-order chi connectivity index (χ0) is 14.4. The van der Waals surface area contributed by atoms with E-state index < -0.39 is 24.1 Å². The molecule has 1 aromatic rings. The molecule has 0 aromatic heterocycles. The van der Waals surface area contributed by atoms with Gasteiger partial charge in [-0.2, -0.15) is 0 Å². The van der Waals surface area contributed by atoms with Crippen molar-refractivity contribution in [2.24, 2.45) is 5.73 Å². The first-order valence-corrected chi connectivity index (χ1v) is 5.87. The van der Waals surface area contributed by atoms with Crippen molar-refractivity contribution in [3.05, 3.63) is 35.4 Å². The number of hydrogen-bond acceptors (Lipinski definition) is 5. The third kappa shape index (κ3) is 4.35. The molecule has 0 radical (unpaired) electrons. The Morgan fingerprint density at radius 2 is 2.05 bits per heavy atom. The van der Waals surface area contributed by atoms with E-state index in [4.69, 9.17) is 5.73 Å². The molecular weight excluding hydrogens is 250 g/mol. The van der Waals surface area contributed by atoms with Gasteiger partial charge >= 0.3 is 5.97 Å². The van der Waals surface area contributed by atoms with Gasteiger partial charge in [0.2, 0.25) is 5.91 Å². The zero-order valence-corrected chi connectivity index (χ0v) is 10.6. The number of carbonyl (C=O) groups excluding carboxylic acids is 2. The van der Waals surface area contributed by atoms with Gasteiger partial charge in [-0.05, 0) is 24.6 Å². The van der Waals surface area contributed by atoms with E-state index in [1.165, 1.54) is 24.3 Å². The molecule has 0 saturated heterocycles. The fourth-order valence-electron chi connectivity index (χ4n) is 1.60. The lowest BCUT2D eigenvalue weighted by molar-refractivity contribution is -0.147. The number of nitrogens with two attached hydrogens (primary N) is 1. The Bertz CT molecular complexity index is 460. The van der Waals surface area contributed by atoms with Crippen LogP contribution in [0.25, 0.3) is 0 Å². The minimum absolute atomic E-state index is 0.207. The summed E-state index contributed by atoms with van der Waals surface area (Å²) < 4.78 is 4.68. The SMILES string of the molecule is CCOC(=O)CC(O)C(O)c1cccc(C(N)=O)c1. The standard InChI is InChI=1S/C13H17NO5/c1-2-19-11(16)7-10(15)12(17)8-4-3-5-9(6-8)13(14)18/h3-6,10,12,15,17H,2,7H2,1H3,(H2,14,18). The van der Waals surface area contributed by atoms with Gasteiger partial charge in [0, 0.05) is 5.56 Å². The molecule has 2 atom stereocenters. The monoisotopic (exact) mass is 267 g/mol. The second-order valence-corrected chi connectivity index (χ2v) is 4.01. The van der Waals surface area contributed by atoms with Gasteiger partial charge in [0.15, 0.2) is 0 Å². The molecule has 4 N–H and O–H groups in total. The fourth-order valence-corrected chi connectivity index (χ4v) is 1.60. The lowest BCUT2D eigenvalue weighted by Crippen LogP contribution is -2.23. The van der Waals surface area contributed by atoms with Crippen molar-refractivity contribution in [2.45, 2.75) is 25.6 Å². The van der Waals surface area contributed by atoms with Crippen LogP contribution >= 0.6 is 0 Å². The molecule has 0 bridgehead atoms. The minimum Gasteiger partial charge on any atom is -0.466 e. The molecule has 0 aliphatic carbocycles. The van der Waals surface area contributed by atoms with E-state index in [2.05, 4.69) is 4.74 Å². The number of ether oxygens (including phenoxy) is 1. The second kappa shape index (κ2) is 6.86. The summed E-state index contributed by atoms with van der Waals surface area (Å²) >= 11 is 0. The number of primary amides is 1. The molecule has 1 aromatic carbocycles. The highest BCUT2D eigenvalue weighted by molar-refractivity contribution is 5.92. The van der Waals surface area contributed by atoms with Crippen LogP contribution in [-0.2, 0) is 9.53 Å². The molecule has 0 spiro atoms. The summed E-state index contributed by atoms with van der Waals surface area (Å²) in [6, 6.07) is 5.94. The van der Waals surface area contributed by atoms with Crippen molar-refractivity contribution in [2.75, 3.05) is 6.61 Å². The zero-order valence-electron chi connectivity index (χ0n) is 10.6. The maximum Gasteiger partial charge on any atom is 0.308 e. The summed E-state index contributed by atoms with van der Waals surface area (Å²) in [7, 11) is 0. The number of esters is 1. The van der Waals surface area contributed by atoms with Gasteiger partial charge < -0.3 is 20.7 Å². The summed E-state index contributed by atoms with van der Waals surface area (Å²) in [6.45, 7) is 1.86. The summed E-state index contributed by atoms with van der Waals surface area (Å²) in [5.41, 5.74) is 5.66. The number of aliphatic hydroxyl groups excluding tert-OH is 2. The maximum atomic E-state index is 11.2. The maximum absolute atomic E-state index is 11.2. The van der Waals surface area contributed by atoms with E-state index in [-0.39, 0.29) is 18.6 Å². The Labute approximate surface area is 110 Å². The first-order valence-electron chi connectivity index (χ1n) is 5.87. The third-order valence-electron chi connectivity index (χ3n) is 2.56. The highest BCUT2D eigenvalue weighted by Crippen LogP contribution is 2.20. The van der Waals surface area contributed by atoms with Crippen molar-refractivity contribution in [1.82, 2.24) is 0 Å². The largest absolute Gasteiger partial charge is 0.466 e. The number of hydrogen-bond donors (Lipinski definition) is 3. The van der Waals surface area contributed by atoms with E-state index >= 15 is 0 Å². The molecule has 0 aliphatic rings. The van der Waals surface area contributed by atoms with Gasteiger partial charge in [0.1, 0.15) is 6.10 Å². The average molecular weight is 267 g/mol. The Balaban J connectivity index is 2.76. The Morgan fingerprint density at radius 3 is 2.63 bits per heavy atom. The Kier molecular flexibility index (Phi) is 5.47. The molecule has 2 unspecified atom stereocenters. The topological polar surface area (TPSA) is 110 Å². The van der Waals surface area contributed by atoms with Crippen molar-refractivity contribution in [1.29, 1.82) is 0 Å². The van der Waals surface area contributed by atoms with Gasteiger partial charge in [0.25, 0.3) is 0 Å². The highest BCUT2D eigenvalue weighted by atomic mass is 16.5. The fraction of sp³-hybridized carbons (Fsp3) is 0.385. The molecular formula is C13H17NO5. The van der Waals surface area contributed by atoms with Crippen LogP contribution in [0.5, 0.6) is 0 Å². The third-order valence-corrected chi connectivity index (χ3v) is 2.56. The van der Waals surface area contributed by atoms with E-state index in [1.54, 1.807) is 6.92 Å². The molecule has 19 heavy (non-hydrogen) atoms. The number of rotatable bonds is 6. The molecule has 104 valence electrons. The molecule has 0 fully saturated rings. The molecule has 0 heterocycles. The van der Waals surface area contributed by atoms with Crippen LogP contribution < -0.4 is 5.73 Å². The van der Waals surface area contributed by atoms with Crippen LogP contribution in [0.15, 0.2) is 24.3 Å². The van der Waals surface area contributed by atoms with Crippen LogP contribution in [0.2, 0.25) is 0 Å². The lowest BCUT2D eigenvalue weighted by Gasteiger charge is -2.17. The predicted molar refractivity (Wildman–Crippen MR) is 67.2 cm³/mol. The van der Waals surface area contributed by atoms with Crippen LogP contribution in [0.4, 0.5) is 0 Å². The molecule has 0 saturated carbocycles. The quantitative estimate of drug-likeness (QED) is 0.635. The minimum atomic E-state index is -1.30. The number of amides is 1.